The Morgan fingerprint density at radius 2 is 1.71 bits per heavy atom. The number of aromatic nitrogens is 1. The van der Waals surface area contributed by atoms with Crippen molar-refractivity contribution in [1.29, 1.82) is 5.26 Å². The van der Waals surface area contributed by atoms with E-state index in [4.69, 9.17) is 12.2 Å². The molecule has 3 amide bonds. The van der Waals surface area contributed by atoms with Gasteiger partial charge in [0.15, 0.2) is 5.11 Å². The number of thiocarbonyl (C=S) groups is 1. The number of amides is 3. The number of halogens is 5. The zero-order chi connectivity index (χ0) is 42.4. The van der Waals surface area contributed by atoms with Crippen molar-refractivity contribution < 1.29 is 36.3 Å². The molecule has 2 aliphatic heterocycles. The van der Waals surface area contributed by atoms with Crippen LogP contribution in [-0.2, 0) is 23.9 Å². The Labute approximate surface area is 341 Å². The van der Waals surface area contributed by atoms with Gasteiger partial charge in [-0.05, 0) is 118 Å². The predicted octanol–water partition coefficient (Wildman–Crippen LogP) is 7.85. The molecule has 16 heteroatoms. The summed E-state index contributed by atoms with van der Waals surface area (Å²) in [6.07, 6.45) is -3.38. The maximum atomic E-state index is 15.6. The van der Waals surface area contributed by atoms with Crippen LogP contribution in [0.2, 0.25) is 0 Å². The van der Waals surface area contributed by atoms with Crippen LogP contribution in [-0.4, -0.2) is 64.9 Å². The molecule has 0 radical (unpaired) electrons. The Morgan fingerprint density at radius 3 is 2.39 bits per heavy atom. The normalized spacial score (nSPS) is 15.2. The molecule has 0 unspecified atom stereocenters. The summed E-state index contributed by atoms with van der Waals surface area (Å²) in [7, 11) is 1.87. The number of nitrogens with one attached hydrogen (secondary N) is 3. The molecular formula is C43H38F5N7O3S. The van der Waals surface area contributed by atoms with Gasteiger partial charge in [-0.15, -0.1) is 0 Å². The molecule has 1 fully saturated rings. The lowest BCUT2D eigenvalue weighted by Crippen LogP contribution is -2.44. The molecule has 59 heavy (non-hydrogen) atoms. The average Bonchev–Trinajstić information content (AvgIpc) is 3.58. The van der Waals surface area contributed by atoms with Crippen molar-refractivity contribution in [2.75, 3.05) is 36.5 Å². The Kier molecular flexibility index (Phi) is 11.0. The highest BCUT2D eigenvalue weighted by Gasteiger charge is 2.51. The quantitative estimate of drug-likeness (QED) is 0.0704. The van der Waals surface area contributed by atoms with Gasteiger partial charge in [0.1, 0.15) is 17.2 Å². The van der Waals surface area contributed by atoms with Crippen molar-refractivity contribution in [3.63, 3.8) is 0 Å². The van der Waals surface area contributed by atoms with E-state index in [9.17, 15) is 37.2 Å². The number of hydrogen-bond acceptors (Lipinski definition) is 6. The monoisotopic (exact) mass is 827 g/mol. The predicted molar refractivity (Wildman–Crippen MR) is 217 cm³/mol. The molecule has 3 heterocycles. The SMILES string of the molecule is CNCc1ccc(-c2[nH]c3cc(F)cc4c3c2CCN(CCCCNC(=O)c2ccc(N3C(=S)N(c5ccc(C#N)c(C(F)(F)F)c5)C(=O)C3(C)C)cc2F)C4=O)cc1. The van der Waals surface area contributed by atoms with Crippen LogP contribution in [0.1, 0.15) is 69.7 Å². The van der Waals surface area contributed by atoms with Crippen LogP contribution >= 0.6 is 12.2 Å². The molecule has 0 spiro atoms. The van der Waals surface area contributed by atoms with Gasteiger partial charge in [-0.3, -0.25) is 19.3 Å². The number of rotatable bonds is 11. The summed E-state index contributed by atoms with van der Waals surface area (Å²) in [6, 6.07) is 18.7. The van der Waals surface area contributed by atoms with Crippen molar-refractivity contribution in [3.8, 4) is 17.3 Å². The summed E-state index contributed by atoms with van der Waals surface area (Å²) in [6.45, 7) is 4.59. The van der Waals surface area contributed by atoms with Crippen LogP contribution < -0.4 is 20.4 Å². The molecule has 7 rings (SSSR count). The van der Waals surface area contributed by atoms with E-state index < -0.39 is 46.3 Å². The number of benzene rings is 4. The minimum atomic E-state index is -4.87. The van der Waals surface area contributed by atoms with E-state index in [2.05, 4.69) is 15.6 Å². The van der Waals surface area contributed by atoms with Crippen molar-refractivity contribution in [1.82, 2.24) is 20.5 Å². The first-order chi connectivity index (χ1) is 28.0. The van der Waals surface area contributed by atoms with Crippen molar-refractivity contribution in [3.05, 3.63) is 118 Å². The molecule has 0 aliphatic carbocycles. The number of aromatic amines is 1. The third-order valence-corrected chi connectivity index (χ3v) is 11.1. The van der Waals surface area contributed by atoms with Crippen LogP contribution in [0.4, 0.5) is 33.3 Å². The lowest BCUT2D eigenvalue weighted by Gasteiger charge is -2.29. The number of carbonyl (C=O) groups is 3. The third-order valence-electron chi connectivity index (χ3n) is 10.7. The molecular weight excluding hydrogens is 790 g/mol. The fourth-order valence-electron chi connectivity index (χ4n) is 7.77. The number of hydrogen-bond donors (Lipinski definition) is 3. The minimum Gasteiger partial charge on any atom is -0.354 e. The van der Waals surface area contributed by atoms with Crippen molar-refractivity contribution >= 4 is 57.3 Å². The van der Waals surface area contributed by atoms with Gasteiger partial charge in [0.05, 0.1) is 34.0 Å². The molecule has 1 aromatic heterocycles. The molecule has 2 aliphatic rings. The standard InChI is InChI=1S/C43H38F5N7O3S/c1-42(2)40(58)54(28-11-10-26(22-49)33(20-28)43(46,47)48)41(59)55(42)29-12-13-30(34(45)21-29)38(56)51-15-4-5-16-53-17-14-31-36-32(39(53)57)18-27(44)19-35(36)52-37(31)25-8-6-24(7-9-25)23-50-3/h6-13,18-21,50,52H,4-5,14-17,23H2,1-3H3,(H,51,56). The molecule has 304 valence electrons. The topological polar surface area (TPSA) is 125 Å². The Balaban J connectivity index is 0.982. The van der Waals surface area contributed by atoms with Crippen LogP contribution in [0.3, 0.4) is 0 Å². The lowest BCUT2D eigenvalue weighted by atomic mass is 9.99. The number of carbonyl (C=O) groups excluding carboxylic acids is 3. The van der Waals surface area contributed by atoms with Gasteiger partial charge in [0.25, 0.3) is 17.7 Å². The molecule has 10 nitrogen and oxygen atoms in total. The first kappa shape index (κ1) is 41.0. The van der Waals surface area contributed by atoms with Gasteiger partial charge >= 0.3 is 6.18 Å². The Bertz CT molecular complexity index is 2560. The Morgan fingerprint density at radius 1 is 0.983 bits per heavy atom. The summed E-state index contributed by atoms with van der Waals surface area (Å²) in [4.78, 5) is 47.6. The average molecular weight is 828 g/mol. The number of unbranched alkanes of at least 4 members (excludes halogenated alkanes) is 1. The van der Waals surface area contributed by atoms with Crippen molar-refractivity contribution in [2.45, 2.75) is 51.4 Å². The van der Waals surface area contributed by atoms with E-state index in [1.165, 1.54) is 55.1 Å². The highest BCUT2D eigenvalue weighted by Crippen LogP contribution is 2.40. The van der Waals surface area contributed by atoms with E-state index in [0.717, 1.165) is 46.0 Å². The second kappa shape index (κ2) is 15.9. The van der Waals surface area contributed by atoms with E-state index in [0.29, 0.717) is 49.3 Å². The summed E-state index contributed by atoms with van der Waals surface area (Å²) < 4.78 is 71.5. The smallest absolute Gasteiger partial charge is 0.354 e. The molecule has 1 saturated heterocycles. The van der Waals surface area contributed by atoms with Gasteiger partial charge in [-0.1, -0.05) is 24.3 Å². The third kappa shape index (κ3) is 7.63. The summed E-state index contributed by atoms with van der Waals surface area (Å²) in [5.74, 6) is -3.12. The zero-order valence-electron chi connectivity index (χ0n) is 32.2. The summed E-state index contributed by atoms with van der Waals surface area (Å²) in [5.41, 5.74) is 0.947. The second-order valence-corrected chi connectivity index (χ2v) is 15.3. The number of anilines is 2. The second-order valence-electron chi connectivity index (χ2n) is 14.9. The molecule has 0 saturated carbocycles. The van der Waals surface area contributed by atoms with Gasteiger partial charge in [-0.2, -0.15) is 18.4 Å². The van der Waals surface area contributed by atoms with Gasteiger partial charge in [0.2, 0.25) is 0 Å². The van der Waals surface area contributed by atoms with E-state index >= 15 is 4.39 Å². The number of alkyl halides is 3. The number of nitrogens with zero attached hydrogens (tertiary/aromatic N) is 4. The fourth-order valence-corrected chi connectivity index (χ4v) is 8.29. The first-order valence-corrected chi connectivity index (χ1v) is 19.2. The van der Waals surface area contributed by atoms with Gasteiger partial charge in [0, 0.05) is 48.5 Å². The largest absolute Gasteiger partial charge is 0.417 e. The maximum absolute atomic E-state index is 15.6. The number of H-pyrrole nitrogens is 1. The molecule has 0 atom stereocenters. The zero-order valence-corrected chi connectivity index (χ0v) is 33.0. The Hall–Kier alpha value is -6.18. The molecule has 4 aromatic carbocycles. The minimum absolute atomic E-state index is 0.0910. The van der Waals surface area contributed by atoms with E-state index in [1.54, 1.807) is 4.90 Å². The molecule has 5 aromatic rings. The molecule has 0 bridgehead atoms. The van der Waals surface area contributed by atoms with Crippen LogP contribution in [0.15, 0.2) is 72.8 Å². The summed E-state index contributed by atoms with van der Waals surface area (Å²) in [5, 5.41) is 15.5. The van der Waals surface area contributed by atoms with Crippen LogP contribution in [0, 0.1) is 23.0 Å². The van der Waals surface area contributed by atoms with Gasteiger partial charge < -0.3 is 25.4 Å². The lowest BCUT2D eigenvalue weighted by molar-refractivity contribution is -0.137. The van der Waals surface area contributed by atoms with Gasteiger partial charge in [-0.25, -0.2) is 8.78 Å². The van der Waals surface area contributed by atoms with Crippen LogP contribution in [0.5, 0.6) is 0 Å². The molecule has 3 N–H and O–H groups in total. The summed E-state index contributed by atoms with van der Waals surface area (Å²) >= 11 is 5.53. The maximum Gasteiger partial charge on any atom is 0.417 e. The van der Waals surface area contributed by atoms with Crippen molar-refractivity contribution in [2.24, 2.45) is 0 Å². The fraction of sp³-hybridized carbons (Fsp3) is 0.279. The highest BCUT2D eigenvalue weighted by atomic mass is 32.1. The van der Waals surface area contributed by atoms with E-state index in [-0.39, 0.29) is 40.1 Å². The first-order valence-electron chi connectivity index (χ1n) is 18.8. The highest BCUT2D eigenvalue weighted by molar-refractivity contribution is 7.81. The van der Waals surface area contributed by atoms with Crippen LogP contribution in [0.25, 0.3) is 22.2 Å². The number of nitriles is 1. The van der Waals surface area contributed by atoms with E-state index in [1.807, 2.05) is 31.3 Å².